The molecule has 2 aliphatic rings. The van der Waals surface area contributed by atoms with E-state index >= 15 is 4.39 Å². The Bertz CT molecular complexity index is 1550. The van der Waals surface area contributed by atoms with Crippen LogP contribution in [0.2, 0.25) is 0 Å². The fraction of sp³-hybridized carbons (Fsp3) is 0.259. The molecule has 2 aliphatic heterocycles. The molecular weight excluding hydrogens is 478 g/mol. The lowest BCUT2D eigenvalue weighted by atomic mass is 9.93. The van der Waals surface area contributed by atoms with Gasteiger partial charge >= 0.3 is 0 Å². The number of para-hydroxylation sites is 1. The van der Waals surface area contributed by atoms with E-state index in [1.807, 2.05) is 24.3 Å². The lowest BCUT2D eigenvalue weighted by Crippen LogP contribution is -2.48. The van der Waals surface area contributed by atoms with Crippen molar-refractivity contribution in [3.8, 4) is 0 Å². The highest BCUT2D eigenvalue weighted by atomic mass is 19.1. The molecule has 0 aliphatic carbocycles. The molecule has 4 aromatic rings. The van der Waals surface area contributed by atoms with E-state index in [1.165, 1.54) is 23.0 Å². The summed E-state index contributed by atoms with van der Waals surface area (Å²) in [6, 6.07) is 12.9. The summed E-state index contributed by atoms with van der Waals surface area (Å²) >= 11 is 0. The first-order chi connectivity index (χ1) is 17.9. The smallest absolute Gasteiger partial charge is 0.254 e. The van der Waals surface area contributed by atoms with Crippen LogP contribution in [0, 0.1) is 11.6 Å². The van der Waals surface area contributed by atoms with Crippen LogP contribution in [0.15, 0.2) is 54.7 Å². The van der Waals surface area contributed by atoms with Crippen molar-refractivity contribution in [3.05, 3.63) is 83.2 Å². The van der Waals surface area contributed by atoms with E-state index in [9.17, 15) is 14.0 Å². The van der Waals surface area contributed by atoms with Gasteiger partial charge in [0.15, 0.2) is 0 Å². The van der Waals surface area contributed by atoms with Crippen molar-refractivity contribution in [3.63, 3.8) is 0 Å². The third kappa shape index (κ3) is 4.08. The Morgan fingerprint density at radius 2 is 1.89 bits per heavy atom. The van der Waals surface area contributed by atoms with Gasteiger partial charge in [-0.25, -0.2) is 13.8 Å². The van der Waals surface area contributed by atoms with Crippen molar-refractivity contribution in [1.29, 1.82) is 0 Å². The monoisotopic (exact) mass is 502 g/mol. The number of carbonyl (C=O) groups excluding carboxylic acids is 2. The summed E-state index contributed by atoms with van der Waals surface area (Å²) in [5, 5.41) is 4.76. The Kier molecular flexibility index (Phi) is 5.58. The fourth-order valence-corrected chi connectivity index (χ4v) is 5.24. The van der Waals surface area contributed by atoms with Crippen LogP contribution in [-0.2, 0) is 17.8 Å². The molecule has 0 spiro atoms. The molecule has 2 N–H and O–H groups in total. The third-order valence-corrected chi connectivity index (χ3v) is 7.08. The van der Waals surface area contributed by atoms with E-state index in [0.29, 0.717) is 30.9 Å². The molecular formula is C27H24F2N6O2. The fourth-order valence-electron chi connectivity index (χ4n) is 5.24. The third-order valence-electron chi connectivity index (χ3n) is 7.08. The average Bonchev–Trinajstić information content (AvgIpc) is 3.20. The number of nitrogen functional groups attached to an aromatic ring is 1. The second-order valence-electron chi connectivity index (χ2n) is 9.48. The first-order valence-electron chi connectivity index (χ1n) is 12.1. The van der Waals surface area contributed by atoms with Crippen molar-refractivity contribution < 1.29 is 18.4 Å². The quantitative estimate of drug-likeness (QED) is 0.461. The largest absolute Gasteiger partial charge is 0.384 e. The van der Waals surface area contributed by atoms with Crippen LogP contribution < -0.4 is 10.6 Å². The summed E-state index contributed by atoms with van der Waals surface area (Å²) in [5.74, 6) is -1.89. The molecule has 6 rings (SSSR count). The molecule has 10 heteroatoms. The molecule has 1 fully saturated rings. The number of nitrogens with zero attached hydrogens (tertiary/aromatic N) is 5. The summed E-state index contributed by atoms with van der Waals surface area (Å²) < 4.78 is 30.6. The molecule has 2 aromatic carbocycles. The van der Waals surface area contributed by atoms with Gasteiger partial charge in [0.2, 0.25) is 5.91 Å². The highest BCUT2D eigenvalue weighted by Crippen LogP contribution is 2.35. The molecule has 8 nitrogen and oxygen atoms in total. The van der Waals surface area contributed by atoms with Crippen LogP contribution in [0.4, 0.5) is 20.3 Å². The van der Waals surface area contributed by atoms with Crippen LogP contribution >= 0.6 is 0 Å². The molecule has 1 saturated heterocycles. The Morgan fingerprint density at radius 1 is 1.08 bits per heavy atom. The number of hydrogen-bond acceptors (Lipinski definition) is 5. The van der Waals surface area contributed by atoms with Crippen LogP contribution in [-0.4, -0.2) is 51.1 Å². The number of carbonyl (C=O) groups is 2. The van der Waals surface area contributed by atoms with Crippen LogP contribution in [0.3, 0.4) is 0 Å². The molecule has 0 atom stereocenters. The lowest BCUT2D eigenvalue weighted by Gasteiger charge is -2.38. The van der Waals surface area contributed by atoms with E-state index in [-0.39, 0.29) is 41.0 Å². The summed E-state index contributed by atoms with van der Waals surface area (Å²) in [6.45, 7) is 1.05. The molecule has 2 aromatic heterocycles. The number of likely N-dealkylation sites (tertiary alicyclic amines) is 1. The number of halogens is 2. The van der Waals surface area contributed by atoms with Gasteiger partial charge in [0.1, 0.15) is 24.0 Å². The van der Waals surface area contributed by atoms with E-state index in [0.717, 1.165) is 30.2 Å². The zero-order valence-electron chi connectivity index (χ0n) is 19.9. The predicted molar refractivity (Wildman–Crippen MR) is 134 cm³/mol. The maximum Gasteiger partial charge on any atom is 0.254 e. The number of aromatic nitrogens is 3. The van der Waals surface area contributed by atoms with Crippen LogP contribution in [0.25, 0.3) is 10.9 Å². The van der Waals surface area contributed by atoms with E-state index in [4.69, 9.17) is 5.73 Å². The minimum atomic E-state index is -0.742. The molecule has 37 heavy (non-hydrogen) atoms. The van der Waals surface area contributed by atoms with Gasteiger partial charge in [-0.3, -0.25) is 14.3 Å². The van der Waals surface area contributed by atoms with Gasteiger partial charge in [-0.05, 0) is 36.6 Å². The topological polar surface area (TPSA) is 97.3 Å². The minimum absolute atomic E-state index is 0.153. The highest BCUT2D eigenvalue weighted by molar-refractivity contribution is 5.96. The Labute approximate surface area is 211 Å². The Balaban J connectivity index is 1.28. The predicted octanol–water partition coefficient (Wildman–Crippen LogP) is 3.51. The molecule has 0 saturated carbocycles. The lowest BCUT2D eigenvalue weighted by molar-refractivity contribution is -0.119. The standard InChI is InChI=1S/C27H24F2N6O2/c28-19-11-20(29)25-22(12-19)35(15-24(36)34-9-3-5-16-4-1-2-6-21(16)34)32-26(25)18-13-33(14-18)27(37)17-7-8-31-23(30)10-17/h1-2,4,6-8,10-12,18H,3,5,9,13-15H2,(H2,30,31). The number of rotatable bonds is 4. The number of aryl methyl sites for hydroxylation is 1. The number of pyridine rings is 1. The van der Waals surface area contributed by atoms with Crippen molar-refractivity contribution in [1.82, 2.24) is 19.7 Å². The molecule has 0 bridgehead atoms. The summed E-state index contributed by atoms with van der Waals surface area (Å²) in [7, 11) is 0. The number of anilines is 2. The summed E-state index contributed by atoms with van der Waals surface area (Å²) in [6.07, 6.45) is 3.21. The number of nitrogens with two attached hydrogens (primary N) is 1. The highest BCUT2D eigenvalue weighted by Gasteiger charge is 2.36. The van der Waals surface area contributed by atoms with Crippen molar-refractivity contribution in [2.24, 2.45) is 0 Å². The first kappa shape index (κ1) is 23.1. The minimum Gasteiger partial charge on any atom is -0.384 e. The van der Waals surface area contributed by atoms with Crippen molar-refractivity contribution in [2.75, 3.05) is 30.3 Å². The van der Waals surface area contributed by atoms with Crippen molar-refractivity contribution >= 4 is 34.2 Å². The van der Waals surface area contributed by atoms with Gasteiger partial charge in [0, 0.05) is 55.1 Å². The molecule has 0 radical (unpaired) electrons. The summed E-state index contributed by atoms with van der Waals surface area (Å²) in [5.41, 5.74) is 8.70. The summed E-state index contributed by atoms with van der Waals surface area (Å²) in [4.78, 5) is 33.4. The Morgan fingerprint density at radius 3 is 2.70 bits per heavy atom. The van der Waals surface area contributed by atoms with Gasteiger partial charge in [0.25, 0.3) is 5.91 Å². The Hall–Kier alpha value is -4.34. The van der Waals surface area contributed by atoms with E-state index in [2.05, 4.69) is 10.1 Å². The molecule has 2 amide bonds. The SMILES string of the molecule is Nc1cc(C(=O)N2CC(c3nn(CC(=O)N4CCCc5ccccc54)c4cc(F)cc(F)c34)C2)ccn1. The van der Waals surface area contributed by atoms with Gasteiger partial charge in [-0.1, -0.05) is 18.2 Å². The number of benzene rings is 2. The van der Waals surface area contributed by atoms with Gasteiger partial charge in [-0.15, -0.1) is 0 Å². The number of amides is 2. The number of hydrogen-bond donors (Lipinski definition) is 1. The normalized spacial score (nSPS) is 15.5. The molecule has 0 unspecified atom stereocenters. The zero-order chi connectivity index (χ0) is 25.7. The first-order valence-corrected chi connectivity index (χ1v) is 12.1. The van der Waals surface area contributed by atoms with Gasteiger partial charge in [0.05, 0.1) is 16.6 Å². The second kappa shape index (κ2) is 8.95. The van der Waals surface area contributed by atoms with Crippen molar-refractivity contribution in [2.45, 2.75) is 25.3 Å². The zero-order valence-corrected chi connectivity index (χ0v) is 19.9. The average molecular weight is 503 g/mol. The van der Waals surface area contributed by atoms with Crippen LogP contribution in [0.1, 0.15) is 34.0 Å². The van der Waals surface area contributed by atoms with Gasteiger partial charge < -0.3 is 15.5 Å². The second-order valence-corrected chi connectivity index (χ2v) is 9.48. The molecule has 4 heterocycles. The number of fused-ring (bicyclic) bond motifs is 2. The maximum absolute atomic E-state index is 15.0. The maximum atomic E-state index is 15.0. The van der Waals surface area contributed by atoms with E-state index < -0.39 is 11.6 Å². The van der Waals surface area contributed by atoms with E-state index in [1.54, 1.807) is 15.9 Å². The molecule has 188 valence electrons. The van der Waals surface area contributed by atoms with Gasteiger partial charge in [-0.2, -0.15) is 5.10 Å². The van der Waals surface area contributed by atoms with Crippen LogP contribution in [0.5, 0.6) is 0 Å².